The molecule has 2 aliphatic carbocycles. The maximum atomic E-state index is 2.61. The van der Waals surface area contributed by atoms with Gasteiger partial charge >= 0.3 is 232 Å². The molecule has 0 atom stereocenters. The van der Waals surface area contributed by atoms with Crippen molar-refractivity contribution in [3.8, 4) is 0 Å². The summed E-state index contributed by atoms with van der Waals surface area (Å²) in [7, 11) is 0. The fraction of sp³-hybridized carbons (Fsp3) is 0.0556. The Hall–Kier alpha value is -2.74. The van der Waals surface area contributed by atoms with Gasteiger partial charge in [-0.3, -0.25) is 0 Å². The first kappa shape index (κ1) is 27.4. The minimum atomic E-state index is -2.25. The minimum absolute atomic E-state index is 0. The van der Waals surface area contributed by atoms with Gasteiger partial charge in [0.05, 0.1) is 0 Å². The molecule has 0 heterocycles. The van der Waals surface area contributed by atoms with Crippen LogP contribution < -0.4 is 24.8 Å². The van der Waals surface area contributed by atoms with E-state index in [-0.39, 0.29) is 24.8 Å². The van der Waals surface area contributed by atoms with Crippen molar-refractivity contribution in [1.29, 1.82) is 0 Å². The van der Waals surface area contributed by atoms with Crippen molar-refractivity contribution < 1.29 is 44.8 Å². The number of fused-ring (bicyclic) bond motifs is 12. The summed E-state index contributed by atoms with van der Waals surface area (Å²) >= 11 is -2.25. The molecule has 4 heteroatoms. The van der Waals surface area contributed by atoms with Crippen LogP contribution >= 0.6 is 0 Å². The largest absolute Gasteiger partial charge is 1.00 e. The third-order valence-electron chi connectivity index (χ3n) is 8.48. The predicted octanol–water partition coefficient (Wildman–Crippen LogP) is 2.70. The summed E-state index contributed by atoms with van der Waals surface area (Å²) < 4.78 is 3.41. The maximum Gasteiger partial charge on any atom is -1.00 e. The number of rotatable bonds is 1. The number of allylic oxidation sites excluding steroid dienone is 2. The smallest absolute Gasteiger partial charge is 1.00 e. The monoisotopic (exact) mass is 647 g/mol. The predicted molar refractivity (Wildman–Crippen MR) is 168 cm³/mol. The molecule has 2 aliphatic rings. The molecule has 0 amide bonds. The SMILES string of the molecule is C[SiH](C)/[Zr+2](=[C]1/C=Cc2c1c1ccccc1c1ccccc21)=[C]1\C=Cc2c1c1ccccc1c1ccccc21.[Cl-].[Cl-]. The Bertz CT molecular complexity index is 2010. The average Bonchev–Trinajstić information content (AvgIpc) is 3.60. The summed E-state index contributed by atoms with van der Waals surface area (Å²) in [5.41, 5.74) is 5.95. The second kappa shape index (κ2) is 10.6. The van der Waals surface area contributed by atoms with Gasteiger partial charge in [-0.15, -0.1) is 0 Å². The number of benzene rings is 6. The molecule has 0 aliphatic heterocycles. The van der Waals surface area contributed by atoms with Crippen LogP contribution in [0.3, 0.4) is 0 Å². The second-order valence-electron chi connectivity index (χ2n) is 10.8. The topological polar surface area (TPSA) is 0 Å². The molecule has 8 rings (SSSR count). The van der Waals surface area contributed by atoms with Gasteiger partial charge in [0, 0.05) is 0 Å². The molecule has 40 heavy (non-hydrogen) atoms. The van der Waals surface area contributed by atoms with E-state index in [1.54, 1.807) is 6.41 Å². The summed E-state index contributed by atoms with van der Waals surface area (Å²) in [5.74, 6) is -0.974. The molecule has 0 saturated heterocycles. The maximum absolute atomic E-state index is 2.61. The van der Waals surface area contributed by atoms with Crippen LogP contribution in [0.5, 0.6) is 0 Å². The fourth-order valence-electron chi connectivity index (χ4n) is 6.98. The third-order valence-corrected chi connectivity index (χ3v) is 26.7. The van der Waals surface area contributed by atoms with Crippen molar-refractivity contribution in [3.05, 3.63) is 131 Å². The quantitative estimate of drug-likeness (QED) is 0.190. The number of hydrogen-bond acceptors (Lipinski definition) is 0. The van der Waals surface area contributed by atoms with Crippen LogP contribution in [0.15, 0.2) is 109 Å². The Kier molecular flexibility index (Phi) is 7.26. The van der Waals surface area contributed by atoms with Gasteiger partial charge in [0.1, 0.15) is 0 Å². The second-order valence-corrected chi connectivity index (χ2v) is 29.7. The van der Waals surface area contributed by atoms with Gasteiger partial charge in [-0.25, -0.2) is 0 Å². The molecule has 0 unspecified atom stereocenters. The van der Waals surface area contributed by atoms with Crippen molar-refractivity contribution in [2.75, 3.05) is 0 Å². The van der Waals surface area contributed by atoms with E-state index in [0.717, 1.165) is 0 Å². The van der Waals surface area contributed by atoms with E-state index in [1.165, 1.54) is 65.3 Å². The Labute approximate surface area is 255 Å². The van der Waals surface area contributed by atoms with E-state index in [4.69, 9.17) is 0 Å². The Balaban J connectivity index is 0.00000145. The van der Waals surface area contributed by atoms with E-state index in [2.05, 4.69) is 134 Å². The molecule has 0 bridgehead atoms. The summed E-state index contributed by atoms with van der Waals surface area (Å²) in [5, 5.41) is 11.2. The number of halogens is 2. The molecule has 0 N–H and O–H groups in total. The molecule has 6 aromatic rings. The molecule has 6 aromatic carbocycles. The standard InChI is InChI=1S/2C17H10.C2H7Si.2ClH.Zr/c2*1-3-8-14-12(6-1)13-7-2-4-9-15(13)17-11-5-10-16(14)17;1-3-2;;;/h2*1-10H;3H,1-2H3;2*1H;/q;;;;;+2/p-2. The molecule has 193 valence electrons. The van der Waals surface area contributed by atoms with Crippen LogP contribution in [-0.2, 0) is 19.9 Å². The van der Waals surface area contributed by atoms with E-state index < -0.39 is 25.9 Å². The Morgan fingerprint density at radius 1 is 0.400 bits per heavy atom. The van der Waals surface area contributed by atoms with Gasteiger partial charge < -0.3 is 24.8 Å². The zero-order chi connectivity index (χ0) is 25.4. The molecule has 0 fully saturated rings. The van der Waals surface area contributed by atoms with Gasteiger partial charge in [0.2, 0.25) is 0 Å². The summed E-state index contributed by atoms with van der Waals surface area (Å²) in [6.07, 6.45) is 9.95. The van der Waals surface area contributed by atoms with Crippen LogP contribution in [-0.4, -0.2) is 12.3 Å². The molecule has 0 radical (unpaired) electrons. The van der Waals surface area contributed by atoms with Crippen molar-refractivity contribution in [3.63, 3.8) is 0 Å². The van der Waals surface area contributed by atoms with Crippen LogP contribution in [0, 0.1) is 0 Å². The fourth-order valence-corrected chi connectivity index (χ4v) is 24.9. The van der Waals surface area contributed by atoms with Crippen molar-refractivity contribution in [2.45, 2.75) is 13.1 Å². The molecule has 0 saturated carbocycles. The van der Waals surface area contributed by atoms with Gasteiger partial charge in [-0.1, -0.05) is 0 Å². The molecule has 0 spiro atoms. The average molecular weight is 650 g/mol. The molecule has 0 nitrogen and oxygen atoms in total. The van der Waals surface area contributed by atoms with Crippen LogP contribution in [0.1, 0.15) is 22.3 Å². The Morgan fingerprint density at radius 3 is 1.05 bits per heavy atom. The van der Waals surface area contributed by atoms with Gasteiger partial charge in [0.25, 0.3) is 0 Å². The zero-order valence-electron chi connectivity index (χ0n) is 22.4. The van der Waals surface area contributed by atoms with E-state index in [0.29, 0.717) is 0 Å². The zero-order valence-corrected chi connectivity index (χ0v) is 27.5. The van der Waals surface area contributed by atoms with E-state index >= 15 is 0 Å². The summed E-state index contributed by atoms with van der Waals surface area (Å²) in [4.78, 5) is 0. The van der Waals surface area contributed by atoms with E-state index in [9.17, 15) is 0 Å². The molecular weight excluding hydrogens is 623 g/mol. The first-order valence-electron chi connectivity index (χ1n) is 13.6. The normalized spacial score (nSPS) is 15.1. The summed E-state index contributed by atoms with van der Waals surface area (Å²) in [6.45, 7) is 5.22. The van der Waals surface area contributed by atoms with Gasteiger partial charge in [-0.2, -0.15) is 0 Å². The first-order valence-corrected chi connectivity index (χ1v) is 23.2. The van der Waals surface area contributed by atoms with Crippen molar-refractivity contribution in [2.24, 2.45) is 0 Å². The number of hydrogen-bond donors (Lipinski definition) is 0. The Morgan fingerprint density at radius 2 is 0.700 bits per heavy atom. The van der Waals surface area contributed by atoms with Crippen molar-refractivity contribution in [1.82, 2.24) is 0 Å². The minimum Gasteiger partial charge on any atom is -1.00 e. The van der Waals surface area contributed by atoms with Crippen LogP contribution in [0.25, 0.3) is 55.2 Å². The van der Waals surface area contributed by atoms with Crippen LogP contribution in [0.4, 0.5) is 0 Å². The third kappa shape index (κ3) is 3.88. The van der Waals surface area contributed by atoms with Gasteiger partial charge in [0.15, 0.2) is 0 Å². The van der Waals surface area contributed by atoms with E-state index in [1.807, 2.05) is 0 Å². The molecular formula is C36H27Cl2SiZr. The van der Waals surface area contributed by atoms with Crippen LogP contribution in [0.2, 0.25) is 13.1 Å². The van der Waals surface area contributed by atoms with Gasteiger partial charge in [-0.05, 0) is 0 Å². The first-order chi connectivity index (χ1) is 18.7. The summed E-state index contributed by atoms with van der Waals surface area (Å²) in [6, 6.07) is 36.2. The molecule has 0 aromatic heterocycles. The van der Waals surface area contributed by atoms with Crippen molar-refractivity contribution >= 4 is 67.6 Å².